The number of rotatable bonds is 8. The Morgan fingerprint density at radius 2 is 1.81 bits per heavy atom. The second-order valence-electron chi connectivity index (χ2n) is 7.49. The number of likely N-dealkylation sites (N-methyl/N-ethyl adjacent to an activating group) is 1. The Bertz CT molecular complexity index is 1030. The topological polar surface area (TPSA) is 88.2 Å². The summed E-state index contributed by atoms with van der Waals surface area (Å²) in [4.78, 5) is 41.0. The molecule has 1 saturated heterocycles. The number of para-hydroxylation sites is 1. The fraction of sp³-hybridized carbons (Fsp3) is 0.348. The molecule has 0 saturated carbocycles. The zero-order valence-electron chi connectivity index (χ0n) is 18.5. The van der Waals surface area contributed by atoms with E-state index in [4.69, 9.17) is 9.47 Å². The molecule has 0 radical (unpaired) electrons. The van der Waals surface area contributed by atoms with Crippen molar-refractivity contribution in [3.8, 4) is 11.5 Å². The first-order valence-corrected chi connectivity index (χ1v) is 10.1. The number of methoxy groups -OCH3 is 2. The number of amides is 4. The summed E-state index contributed by atoms with van der Waals surface area (Å²) in [5, 5.41) is 2.69. The fourth-order valence-electron chi connectivity index (χ4n) is 3.82. The van der Waals surface area contributed by atoms with Gasteiger partial charge in [0.25, 0.3) is 5.91 Å². The maximum absolute atomic E-state index is 13.3. The molecular formula is C23H26FN3O5. The highest BCUT2D eigenvalue weighted by molar-refractivity contribution is 6.09. The molecule has 1 heterocycles. The molecule has 32 heavy (non-hydrogen) atoms. The lowest BCUT2D eigenvalue weighted by atomic mass is 9.87. The predicted molar refractivity (Wildman–Crippen MR) is 115 cm³/mol. The summed E-state index contributed by atoms with van der Waals surface area (Å²) in [5.41, 5.74) is -0.155. The summed E-state index contributed by atoms with van der Waals surface area (Å²) in [6.07, 6.45) is 0.255. The molecule has 1 N–H and O–H groups in total. The summed E-state index contributed by atoms with van der Waals surface area (Å²) >= 11 is 0. The van der Waals surface area contributed by atoms with Gasteiger partial charge in [-0.25, -0.2) is 9.18 Å². The van der Waals surface area contributed by atoms with Crippen LogP contribution in [0.15, 0.2) is 42.5 Å². The molecule has 8 nitrogen and oxygen atoms in total. The van der Waals surface area contributed by atoms with Crippen LogP contribution in [-0.2, 0) is 21.7 Å². The number of urea groups is 1. The van der Waals surface area contributed by atoms with Crippen molar-refractivity contribution in [2.45, 2.75) is 25.4 Å². The van der Waals surface area contributed by atoms with Gasteiger partial charge in [-0.2, -0.15) is 0 Å². The van der Waals surface area contributed by atoms with Crippen molar-refractivity contribution < 1.29 is 28.2 Å². The molecule has 170 valence electrons. The van der Waals surface area contributed by atoms with Gasteiger partial charge in [0.1, 0.15) is 17.9 Å². The van der Waals surface area contributed by atoms with E-state index in [2.05, 4.69) is 5.32 Å². The van der Waals surface area contributed by atoms with Gasteiger partial charge >= 0.3 is 6.03 Å². The van der Waals surface area contributed by atoms with Gasteiger partial charge < -0.3 is 19.7 Å². The Morgan fingerprint density at radius 1 is 1.12 bits per heavy atom. The van der Waals surface area contributed by atoms with Crippen LogP contribution in [0.5, 0.6) is 11.5 Å². The Kier molecular flexibility index (Phi) is 6.67. The molecule has 2 aromatic carbocycles. The van der Waals surface area contributed by atoms with Crippen LogP contribution >= 0.6 is 0 Å². The molecular weight excluding hydrogens is 417 g/mol. The average Bonchev–Trinajstić information content (AvgIpc) is 3.04. The molecule has 0 unspecified atom stereocenters. The lowest BCUT2D eigenvalue weighted by molar-refractivity contribution is -0.138. The van der Waals surface area contributed by atoms with Crippen LogP contribution in [0, 0.1) is 5.82 Å². The molecule has 4 amide bonds. The standard InChI is InChI=1S/C23H26FN3O5/c1-5-23(16-9-11-17(24)12-10-16)21(29)27(22(30)25-23)14-19(28)26(2)13-15-7-6-8-18(31-3)20(15)32-4/h6-12H,5,13-14H2,1-4H3,(H,25,30)/t23-/m0/s1. The van der Waals surface area contributed by atoms with Gasteiger partial charge in [0.15, 0.2) is 11.5 Å². The van der Waals surface area contributed by atoms with E-state index in [1.54, 1.807) is 32.2 Å². The summed E-state index contributed by atoms with van der Waals surface area (Å²) in [5.74, 6) is -0.377. The highest BCUT2D eigenvalue weighted by Gasteiger charge is 2.51. The second kappa shape index (κ2) is 9.25. The number of benzene rings is 2. The zero-order valence-corrected chi connectivity index (χ0v) is 18.5. The zero-order chi connectivity index (χ0) is 23.5. The molecule has 0 bridgehead atoms. The van der Waals surface area contributed by atoms with Crippen molar-refractivity contribution in [1.29, 1.82) is 0 Å². The first-order chi connectivity index (χ1) is 15.3. The third-order valence-electron chi connectivity index (χ3n) is 5.65. The van der Waals surface area contributed by atoms with E-state index in [9.17, 15) is 18.8 Å². The minimum absolute atomic E-state index is 0.194. The number of nitrogens with zero attached hydrogens (tertiary/aromatic N) is 2. The number of carbonyl (C=O) groups is 3. The van der Waals surface area contributed by atoms with Crippen molar-refractivity contribution in [1.82, 2.24) is 15.1 Å². The lowest BCUT2D eigenvalue weighted by Crippen LogP contribution is -2.45. The Balaban J connectivity index is 1.77. The van der Waals surface area contributed by atoms with Gasteiger partial charge in [-0.3, -0.25) is 14.5 Å². The third-order valence-corrected chi connectivity index (χ3v) is 5.65. The van der Waals surface area contributed by atoms with Crippen molar-refractivity contribution in [3.63, 3.8) is 0 Å². The van der Waals surface area contributed by atoms with Crippen LogP contribution in [-0.4, -0.2) is 55.5 Å². The van der Waals surface area contributed by atoms with E-state index in [1.807, 2.05) is 0 Å². The largest absolute Gasteiger partial charge is 0.493 e. The maximum atomic E-state index is 13.3. The molecule has 3 rings (SSSR count). The molecule has 1 aliphatic heterocycles. The highest BCUT2D eigenvalue weighted by atomic mass is 19.1. The smallest absolute Gasteiger partial charge is 0.325 e. The van der Waals surface area contributed by atoms with Crippen LogP contribution in [0.2, 0.25) is 0 Å². The molecule has 1 atom stereocenters. The quantitative estimate of drug-likeness (QED) is 0.634. The summed E-state index contributed by atoms with van der Waals surface area (Å²) in [6.45, 7) is 1.52. The average molecular weight is 443 g/mol. The van der Waals surface area contributed by atoms with Crippen LogP contribution in [0.3, 0.4) is 0 Å². The maximum Gasteiger partial charge on any atom is 0.325 e. The Morgan fingerprint density at radius 3 is 2.41 bits per heavy atom. The minimum Gasteiger partial charge on any atom is -0.493 e. The van der Waals surface area contributed by atoms with Gasteiger partial charge in [0.2, 0.25) is 5.91 Å². The van der Waals surface area contributed by atoms with E-state index in [-0.39, 0.29) is 13.0 Å². The highest BCUT2D eigenvalue weighted by Crippen LogP contribution is 2.33. The first-order valence-electron chi connectivity index (χ1n) is 10.1. The molecule has 0 spiro atoms. The summed E-state index contributed by atoms with van der Waals surface area (Å²) < 4.78 is 24.0. The first kappa shape index (κ1) is 23.1. The van der Waals surface area contributed by atoms with E-state index < -0.39 is 35.7 Å². The van der Waals surface area contributed by atoms with E-state index in [1.165, 1.54) is 43.4 Å². The van der Waals surface area contributed by atoms with E-state index in [0.717, 1.165) is 4.90 Å². The Labute approximate surface area is 185 Å². The van der Waals surface area contributed by atoms with Crippen molar-refractivity contribution >= 4 is 17.8 Å². The molecule has 2 aromatic rings. The summed E-state index contributed by atoms with van der Waals surface area (Å²) in [6, 6.07) is 10.1. The van der Waals surface area contributed by atoms with Gasteiger partial charge in [-0.15, -0.1) is 0 Å². The number of hydrogen-bond acceptors (Lipinski definition) is 5. The summed E-state index contributed by atoms with van der Waals surface area (Å²) in [7, 11) is 4.61. The normalized spacial score (nSPS) is 17.8. The number of nitrogens with one attached hydrogen (secondary N) is 1. The number of halogens is 1. The van der Waals surface area contributed by atoms with Crippen LogP contribution < -0.4 is 14.8 Å². The monoisotopic (exact) mass is 443 g/mol. The SMILES string of the molecule is CC[C@@]1(c2ccc(F)cc2)NC(=O)N(CC(=O)N(C)Cc2cccc(OC)c2OC)C1=O. The van der Waals surface area contributed by atoms with Gasteiger partial charge in [0.05, 0.1) is 14.2 Å². The number of imide groups is 1. The third kappa shape index (κ3) is 4.10. The van der Waals surface area contributed by atoms with Gasteiger partial charge in [-0.1, -0.05) is 31.2 Å². The lowest BCUT2D eigenvalue weighted by Gasteiger charge is -2.26. The van der Waals surface area contributed by atoms with Crippen molar-refractivity contribution in [2.24, 2.45) is 0 Å². The van der Waals surface area contributed by atoms with Gasteiger partial charge in [0, 0.05) is 19.2 Å². The van der Waals surface area contributed by atoms with E-state index in [0.29, 0.717) is 22.6 Å². The molecule has 0 aliphatic carbocycles. The Hall–Kier alpha value is -3.62. The van der Waals surface area contributed by atoms with Crippen LogP contribution in [0.25, 0.3) is 0 Å². The van der Waals surface area contributed by atoms with Crippen LogP contribution in [0.4, 0.5) is 9.18 Å². The predicted octanol–water partition coefficient (Wildman–Crippen LogP) is 2.66. The molecule has 0 aromatic heterocycles. The van der Waals surface area contributed by atoms with Crippen molar-refractivity contribution in [3.05, 3.63) is 59.4 Å². The number of hydrogen-bond donors (Lipinski definition) is 1. The van der Waals surface area contributed by atoms with Crippen molar-refractivity contribution in [2.75, 3.05) is 27.8 Å². The van der Waals surface area contributed by atoms with Crippen LogP contribution in [0.1, 0.15) is 24.5 Å². The molecule has 9 heteroatoms. The molecule has 1 aliphatic rings. The van der Waals surface area contributed by atoms with Gasteiger partial charge in [-0.05, 0) is 30.2 Å². The van der Waals surface area contributed by atoms with E-state index >= 15 is 0 Å². The minimum atomic E-state index is -1.33. The number of carbonyl (C=O) groups excluding carboxylic acids is 3. The second-order valence-corrected chi connectivity index (χ2v) is 7.49. The number of ether oxygens (including phenoxy) is 2. The fourth-order valence-corrected chi connectivity index (χ4v) is 3.82. The molecule has 1 fully saturated rings.